The zero-order valence-electron chi connectivity index (χ0n) is 14.6. The maximum Gasteiger partial charge on any atom is 0.573 e. The van der Waals surface area contributed by atoms with Gasteiger partial charge < -0.3 is 14.1 Å². The minimum atomic E-state index is -4.71. The molecule has 3 heterocycles. The van der Waals surface area contributed by atoms with E-state index in [2.05, 4.69) is 14.7 Å². The maximum absolute atomic E-state index is 12.5. The van der Waals surface area contributed by atoms with Crippen molar-refractivity contribution in [3.63, 3.8) is 0 Å². The average Bonchev–Trinajstić information content (AvgIpc) is 3.17. The fraction of sp³-hybridized carbons (Fsp3) is 0.263. The van der Waals surface area contributed by atoms with Gasteiger partial charge in [-0.3, -0.25) is 9.69 Å². The van der Waals surface area contributed by atoms with Gasteiger partial charge in [0.25, 0.3) is 5.56 Å². The van der Waals surface area contributed by atoms with E-state index in [1.807, 2.05) is 4.90 Å². The first-order valence-electron chi connectivity index (χ1n) is 8.60. The van der Waals surface area contributed by atoms with Crippen LogP contribution in [0.1, 0.15) is 16.8 Å². The molecule has 0 unspecified atom stereocenters. The number of nitrogens with one attached hydrogen (secondary N) is 1. The van der Waals surface area contributed by atoms with E-state index in [1.54, 1.807) is 24.3 Å². The van der Waals surface area contributed by atoms with Gasteiger partial charge in [-0.1, -0.05) is 12.1 Å². The lowest BCUT2D eigenvalue weighted by atomic mass is 10.1. The Hall–Kier alpha value is -3.07. The van der Waals surface area contributed by atoms with Gasteiger partial charge in [-0.15, -0.1) is 13.2 Å². The number of ether oxygens (including phenoxy) is 1. The highest BCUT2D eigenvalue weighted by Crippen LogP contribution is 2.24. The van der Waals surface area contributed by atoms with Gasteiger partial charge in [0.1, 0.15) is 5.75 Å². The Kier molecular flexibility index (Phi) is 4.68. The van der Waals surface area contributed by atoms with Crippen LogP contribution in [-0.4, -0.2) is 27.8 Å². The van der Waals surface area contributed by atoms with Crippen molar-refractivity contribution in [2.24, 2.45) is 0 Å². The van der Waals surface area contributed by atoms with Crippen molar-refractivity contribution in [2.75, 3.05) is 6.54 Å². The molecule has 0 aliphatic carbocycles. The molecular formula is C19H16F3N3O3. The van der Waals surface area contributed by atoms with E-state index < -0.39 is 6.36 Å². The zero-order chi connectivity index (χ0) is 19.7. The van der Waals surface area contributed by atoms with Crippen LogP contribution in [-0.2, 0) is 19.5 Å². The van der Waals surface area contributed by atoms with E-state index in [4.69, 9.17) is 4.42 Å². The number of fused-ring (bicyclic) bond motifs is 1. The smallest absolute Gasteiger partial charge is 0.461 e. The van der Waals surface area contributed by atoms with Crippen molar-refractivity contribution in [2.45, 2.75) is 25.9 Å². The first kappa shape index (κ1) is 18.3. The lowest BCUT2D eigenvalue weighted by molar-refractivity contribution is -0.274. The summed E-state index contributed by atoms with van der Waals surface area (Å²) >= 11 is 0. The Bertz CT molecular complexity index is 1010. The van der Waals surface area contributed by atoms with E-state index in [-0.39, 0.29) is 11.3 Å². The van der Waals surface area contributed by atoms with Crippen LogP contribution in [0.5, 0.6) is 5.75 Å². The molecule has 1 aliphatic heterocycles. The average molecular weight is 391 g/mol. The molecule has 9 heteroatoms. The molecule has 0 bridgehead atoms. The molecular weight excluding hydrogens is 375 g/mol. The Balaban J connectivity index is 1.46. The third kappa shape index (κ3) is 4.09. The molecule has 1 aromatic carbocycles. The molecule has 0 radical (unpaired) electrons. The van der Waals surface area contributed by atoms with Crippen LogP contribution < -0.4 is 10.3 Å². The largest absolute Gasteiger partial charge is 0.573 e. The molecule has 0 fully saturated rings. The predicted molar refractivity (Wildman–Crippen MR) is 93.5 cm³/mol. The molecule has 1 N–H and O–H groups in total. The highest BCUT2D eigenvalue weighted by Gasteiger charge is 2.31. The van der Waals surface area contributed by atoms with Crippen LogP contribution in [0, 0.1) is 0 Å². The fourth-order valence-electron chi connectivity index (χ4n) is 3.20. The van der Waals surface area contributed by atoms with Gasteiger partial charge in [0.05, 0.1) is 17.5 Å². The van der Waals surface area contributed by atoms with Crippen molar-refractivity contribution < 1.29 is 22.3 Å². The van der Waals surface area contributed by atoms with E-state index in [9.17, 15) is 18.0 Å². The molecule has 0 saturated carbocycles. The Labute approximate surface area is 157 Å². The first-order chi connectivity index (χ1) is 13.4. The molecule has 2 aromatic heterocycles. The molecule has 0 spiro atoms. The van der Waals surface area contributed by atoms with Gasteiger partial charge in [-0.2, -0.15) is 0 Å². The third-order valence-corrected chi connectivity index (χ3v) is 4.47. The van der Waals surface area contributed by atoms with Crippen molar-refractivity contribution in [3.8, 4) is 17.3 Å². The highest BCUT2D eigenvalue weighted by molar-refractivity contribution is 5.47. The quantitative estimate of drug-likeness (QED) is 0.737. The van der Waals surface area contributed by atoms with Crippen LogP contribution in [0.3, 0.4) is 0 Å². The monoisotopic (exact) mass is 391 g/mol. The number of rotatable bonds is 4. The second-order valence-corrected chi connectivity index (χ2v) is 6.47. The summed E-state index contributed by atoms with van der Waals surface area (Å²) in [6, 6.07) is 9.18. The molecule has 1 aliphatic rings. The summed E-state index contributed by atoms with van der Waals surface area (Å²) < 4.78 is 45.9. The minimum Gasteiger partial charge on any atom is -0.461 e. The van der Waals surface area contributed by atoms with Crippen molar-refractivity contribution in [3.05, 3.63) is 69.8 Å². The molecule has 6 nitrogen and oxygen atoms in total. The van der Waals surface area contributed by atoms with Gasteiger partial charge in [-0.05, 0) is 29.8 Å². The Morgan fingerprint density at radius 1 is 1.21 bits per heavy atom. The number of hydrogen-bond donors (Lipinski definition) is 1. The van der Waals surface area contributed by atoms with Gasteiger partial charge in [0.2, 0.25) is 0 Å². The van der Waals surface area contributed by atoms with E-state index in [0.717, 1.165) is 11.3 Å². The molecule has 28 heavy (non-hydrogen) atoms. The normalized spacial score (nSPS) is 14.7. The standard InChI is InChI=1S/C19H16F3N3O3/c20-19(21,22)28-13-5-3-12(4-6-13)10-25-8-7-15-14(11-25)18(26)24-17(23-15)16-2-1-9-27-16/h1-6,9H,7-8,10-11H2,(H,23,24,26). The fourth-order valence-corrected chi connectivity index (χ4v) is 3.20. The lowest BCUT2D eigenvalue weighted by Crippen LogP contribution is -2.35. The summed E-state index contributed by atoms with van der Waals surface area (Å²) in [5.41, 5.74) is 1.95. The summed E-state index contributed by atoms with van der Waals surface area (Å²) in [5, 5.41) is 0. The first-order valence-corrected chi connectivity index (χ1v) is 8.60. The van der Waals surface area contributed by atoms with Gasteiger partial charge >= 0.3 is 6.36 Å². The number of benzene rings is 1. The summed E-state index contributed by atoms with van der Waals surface area (Å²) in [6.45, 7) is 1.60. The molecule has 146 valence electrons. The van der Waals surface area contributed by atoms with E-state index in [0.29, 0.717) is 43.2 Å². The number of H-pyrrole nitrogens is 1. The van der Waals surface area contributed by atoms with E-state index >= 15 is 0 Å². The summed E-state index contributed by atoms with van der Waals surface area (Å²) in [4.78, 5) is 21.8. The number of nitrogens with zero attached hydrogens (tertiary/aromatic N) is 2. The number of halogens is 3. The van der Waals surface area contributed by atoms with Crippen LogP contribution in [0.4, 0.5) is 13.2 Å². The lowest BCUT2D eigenvalue weighted by Gasteiger charge is -2.27. The minimum absolute atomic E-state index is 0.213. The molecule has 3 aromatic rings. The van der Waals surface area contributed by atoms with Crippen molar-refractivity contribution in [1.82, 2.24) is 14.9 Å². The van der Waals surface area contributed by atoms with Crippen LogP contribution in [0.15, 0.2) is 51.9 Å². The molecule has 0 atom stereocenters. The Morgan fingerprint density at radius 3 is 2.68 bits per heavy atom. The van der Waals surface area contributed by atoms with Gasteiger partial charge in [0.15, 0.2) is 11.6 Å². The number of aromatic nitrogens is 2. The third-order valence-electron chi connectivity index (χ3n) is 4.47. The van der Waals surface area contributed by atoms with Crippen molar-refractivity contribution in [1.29, 1.82) is 0 Å². The second-order valence-electron chi connectivity index (χ2n) is 6.47. The van der Waals surface area contributed by atoms with Crippen LogP contribution >= 0.6 is 0 Å². The SMILES string of the molecule is O=c1[nH]c(-c2ccco2)nc2c1CN(Cc1ccc(OC(F)(F)F)cc1)CC2. The molecule has 0 amide bonds. The maximum atomic E-state index is 12.5. The van der Waals surface area contributed by atoms with Gasteiger partial charge in [0, 0.05) is 26.1 Å². The number of aromatic amines is 1. The van der Waals surface area contributed by atoms with Crippen LogP contribution in [0.2, 0.25) is 0 Å². The summed E-state index contributed by atoms with van der Waals surface area (Å²) in [5.74, 6) is 0.650. The highest BCUT2D eigenvalue weighted by atomic mass is 19.4. The van der Waals surface area contributed by atoms with E-state index in [1.165, 1.54) is 18.4 Å². The molecule has 0 saturated heterocycles. The summed E-state index contributed by atoms with van der Waals surface area (Å²) in [7, 11) is 0. The van der Waals surface area contributed by atoms with Crippen LogP contribution in [0.25, 0.3) is 11.6 Å². The van der Waals surface area contributed by atoms with Crippen molar-refractivity contribution >= 4 is 0 Å². The van der Waals surface area contributed by atoms with Gasteiger partial charge in [-0.25, -0.2) is 4.98 Å². The number of hydrogen-bond acceptors (Lipinski definition) is 5. The Morgan fingerprint density at radius 2 is 2.00 bits per heavy atom. The number of alkyl halides is 3. The topological polar surface area (TPSA) is 71.4 Å². The molecule has 4 rings (SSSR count). The summed E-state index contributed by atoms with van der Waals surface area (Å²) in [6.07, 6.45) is -2.59. The zero-order valence-corrected chi connectivity index (χ0v) is 14.6. The number of furan rings is 1. The predicted octanol–water partition coefficient (Wildman–Crippen LogP) is 3.49. The second kappa shape index (κ2) is 7.16.